The average molecular weight is 359 g/mol. The zero-order chi connectivity index (χ0) is 17.4. The van der Waals surface area contributed by atoms with Gasteiger partial charge in [-0.2, -0.15) is 13.2 Å². The van der Waals surface area contributed by atoms with Gasteiger partial charge in [0.15, 0.2) is 0 Å². The monoisotopic (exact) mass is 358 g/mol. The molecule has 1 aromatic carbocycles. The highest BCUT2D eigenvalue weighted by Gasteiger charge is 2.55. The number of fused-ring (bicyclic) bond motifs is 1. The molecule has 1 nitrogen and oxygen atoms in total. The van der Waals surface area contributed by atoms with Crippen LogP contribution in [0.15, 0.2) is 18.2 Å². The van der Waals surface area contributed by atoms with Crippen molar-refractivity contribution in [2.45, 2.75) is 63.6 Å². The van der Waals surface area contributed by atoms with Crippen LogP contribution < -0.4 is 4.74 Å². The first-order valence-corrected chi connectivity index (χ1v) is 9.00. The number of benzene rings is 1. The van der Waals surface area contributed by atoms with Gasteiger partial charge in [0.1, 0.15) is 5.75 Å². The standard InChI is InChI=1S/C19H22ClF3O/c1-2-18(19(21,22)23)9-8-14-11-16(20)15(12-17(14)24-18)10-13-6-4-3-5-7-13/h8-9,11-13H,2-7,10H2,1H3. The maximum Gasteiger partial charge on any atom is 0.432 e. The van der Waals surface area contributed by atoms with E-state index in [2.05, 4.69) is 0 Å². The zero-order valence-electron chi connectivity index (χ0n) is 13.8. The van der Waals surface area contributed by atoms with E-state index in [-0.39, 0.29) is 12.2 Å². The third-order valence-electron chi connectivity index (χ3n) is 5.24. The van der Waals surface area contributed by atoms with Gasteiger partial charge in [0.25, 0.3) is 0 Å². The molecule has 0 amide bonds. The number of hydrogen-bond donors (Lipinski definition) is 0. The Hall–Kier alpha value is -1.16. The zero-order valence-corrected chi connectivity index (χ0v) is 14.5. The SMILES string of the molecule is CCC1(C(F)(F)F)C=Cc2cc(Cl)c(CC3CCCCC3)cc2O1. The van der Waals surface area contributed by atoms with Crippen LogP contribution in [0.5, 0.6) is 5.75 Å². The molecule has 2 aliphatic rings. The van der Waals surface area contributed by atoms with Crippen LogP contribution >= 0.6 is 11.6 Å². The van der Waals surface area contributed by atoms with Crippen molar-refractivity contribution in [1.82, 2.24) is 0 Å². The quantitative estimate of drug-likeness (QED) is 0.593. The van der Waals surface area contributed by atoms with Crippen LogP contribution in [0.3, 0.4) is 0 Å². The smallest absolute Gasteiger partial charge is 0.432 e. The van der Waals surface area contributed by atoms with Gasteiger partial charge in [-0.3, -0.25) is 0 Å². The summed E-state index contributed by atoms with van der Waals surface area (Å²) in [6, 6.07) is 3.44. The molecule has 5 heteroatoms. The van der Waals surface area contributed by atoms with E-state index < -0.39 is 11.8 Å². The molecule has 1 atom stereocenters. The Morgan fingerprint density at radius 1 is 1.21 bits per heavy atom. The molecular formula is C19H22ClF3O. The van der Waals surface area contributed by atoms with Gasteiger partial charge in [-0.05, 0) is 42.5 Å². The van der Waals surface area contributed by atoms with E-state index in [4.69, 9.17) is 16.3 Å². The number of alkyl halides is 3. The van der Waals surface area contributed by atoms with Crippen molar-refractivity contribution in [2.75, 3.05) is 0 Å². The minimum absolute atomic E-state index is 0.160. The fourth-order valence-corrected chi connectivity index (χ4v) is 3.93. The van der Waals surface area contributed by atoms with E-state index >= 15 is 0 Å². The van der Waals surface area contributed by atoms with E-state index in [1.807, 2.05) is 0 Å². The van der Waals surface area contributed by atoms with E-state index in [0.29, 0.717) is 16.5 Å². The number of halogens is 4. The summed E-state index contributed by atoms with van der Waals surface area (Å²) in [4.78, 5) is 0. The Morgan fingerprint density at radius 2 is 1.92 bits per heavy atom. The van der Waals surface area contributed by atoms with Crippen LogP contribution in [-0.4, -0.2) is 11.8 Å². The van der Waals surface area contributed by atoms with Crippen molar-refractivity contribution in [3.05, 3.63) is 34.4 Å². The van der Waals surface area contributed by atoms with Gasteiger partial charge in [-0.1, -0.05) is 56.7 Å². The molecular weight excluding hydrogens is 337 g/mol. The molecule has 132 valence electrons. The lowest BCUT2D eigenvalue weighted by Crippen LogP contribution is -2.49. The van der Waals surface area contributed by atoms with E-state index in [0.717, 1.165) is 30.9 Å². The summed E-state index contributed by atoms with van der Waals surface area (Å²) >= 11 is 6.36. The van der Waals surface area contributed by atoms with Crippen LogP contribution in [0.25, 0.3) is 6.08 Å². The Balaban J connectivity index is 1.89. The summed E-state index contributed by atoms with van der Waals surface area (Å²) in [7, 11) is 0. The van der Waals surface area contributed by atoms with Crippen molar-refractivity contribution in [1.29, 1.82) is 0 Å². The van der Waals surface area contributed by atoms with Crippen LogP contribution in [0.2, 0.25) is 5.02 Å². The summed E-state index contributed by atoms with van der Waals surface area (Å²) in [5.74, 6) is 0.846. The second-order valence-electron chi connectivity index (χ2n) is 6.87. The largest absolute Gasteiger partial charge is 0.473 e. The maximum absolute atomic E-state index is 13.4. The van der Waals surface area contributed by atoms with Gasteiger partial charge in [0.2, 0.25) is 5.60 Å². The predicted molar refractivity (Wildman–Crippen MR) is 90.5 cm³/mol. The first-order chi connectivity index (χ1) is 11.3. The molecule has 0 saturated heterocycles. The Labute approximate surface area is 145 Å². The summed E-state index contributed by atoms with van der Waals surface area (Å²) in [6.07, 6.45) is 4.83. The minimum Gasteiger partial charge on any atom is -0.473 e. The fourth-order valence-electron chi connectivity index (χ4n) is 3.69. The van der Waals surface area contributed by atoms with Crippen LogP contribution in [-0.2, 0) is 6.42 Å². The van der Waals surface area contributed by atoms with Gasteiger partial charge >= 0.3 is 6.18 Å². The van der Waals surface area contributed by atoms with Gasteiger partial charge in [0.05, 0.1) is 0 Å². The molecule has 1 aromatic rings. The Bertz CT molecular complexity index is 632. The van der Waals surface area contributed by atoms with Crippen LogP contribution in [0.4, 0.5) is 13.2 Å². The summed E-state index contributed by atoms with van der Waals surface area (Å²) in [6.45, 7) is 1.49. The van der Waals surface area contributed by atoms with Crippen molar-refractivity contribution in [3.8, 4) is 5.75 Å². The van der Waals surface area contributed by atoms with Gasteiger partial charge in [-0.25, -0.2) is 0 Å². The molecule has 1 fully saturated rings. The van der Waals surface area contributed by atoms with E-state index in [1.54, 1.807) is 12.1 Å². The third-order valence-corrected chi connectivity index (χ3v) is 5.59. The molecule has 24 heavy (non-hydrogen) atoms. The lowest BCUT2D eigenvalue weighted by molar-refractivity contribution is -0.230. The molecule has 1 saturated carbocycles. The predicted octanol–water partition coefficient (Wildman–Crippen LogP) is 6.58. The van der Waals surface area contributed by atoms with E-state index in [1.165, 1.54) is 32.3 Å². The van der Waals surface area contributed by atoms with Crippen LogP contribution in [0.1, 0.15) is 56.6 Å². The lowest BCUT2D eigenvalue weighted by atomic mass is 9.84. The van der Waals surface area contributed by atoms with Crippen molar-refractivity contribution in [3.63, 3.8) is 0 Å². The highest BCUT2D eigenvalue weighted by Crippen LogP contribution is 2.44. The van der Waals surface area contributed by atoms with Crippen molar-refractivity contribution < 1.29 is 17.9 Å². The molecule has 3 rings (SSSR count). The highest BCUT2D eigenvalue weighted by atomic mass is 35.5. The van der Waals surface area contributed by atoms with Gasteiger partial charge in [0, 0.05) is 10.6 Å². The minimum atomic E-state index is -4.45. The summed E-state index contributed by atoms with van der Waals surface area (Å²) in [5.41, 5.74) is -0.735. The van der Waals surface area contributed by atoms with E-state index in [9.17, 15) is 13.2 Å². The van der Waals surface area contributed by atoms with Crippen LogP contribution in [0, 0.1) is 5.92 Å². The topological polar surface area (TPSA) is 9.23 Å². The second-order valence-corrected chi connectivity index (χ2v) is 7.27. The molecule has 0 aromatic heterocycles. The number of ether oxygens (including phenoxy) is 1. The van der Waals surface area contributed by atoms with Gasteiger partial charge < -0.3 is 4.74 Å². The molecule has 0 bridgehead atoms. The molecule has 1 aliphatic carbocycles. The normalized spacial score (nSPS) is 24.5. The molecule has 0 N–H and O–H groups in total. The molecule has 0 spiro atoms. The fraction of sp³-hybridized carbons (Fsp3) is 0.579. The van der Waals surface area contributed by atoms with Gasteiger partial charge in [-0.15, -0.1) is 0 Å². The average Bonchev–Trinajstić information content (AvgIpc) is 2.55. The Morgan fingerprint density at radius 3 is 2.54 bits per heavy atom. The third kappa shape index (κ3) is 3.30. The highest BCUT2D eigenvalue weighted by molar-refractivity contribution is 6.31. The molecule has 1 unspecified atom stereocenters. The summed E-state index contributed by atoms with van der Waals surface area (Å²) in [5, 5.41) is 0.614. The Kier molecular flexibility index (Phi) is 4.87. The van der Waals surface area contributed by atoms with Crippen molar-refractivity contribution in [2.24, 2.45) is 5.92 Å². The summed E-state index contributed by atoms with van der Waals surface area (Å²) < 4.78 is 45.8. The molecule has 1 heterocycles. The second kappa shape index (κ2) is 6.62. The maximum atomic E-state index is 13.4. The van der Waals surface area contributed by atoms with Crippen molar-refractivity contribution >= 4 is 17.7 Å². The number of hydrogen-bond acceptors (Lipinski definition) is 1. The number of rotatable bonds is 3. The first kappa shape index (κ1) is 17.7. The molecule has 1 aliphatic heterocycles. The lowest BCUT2D eigenvalue weighted by Gasteiger charge is -2.36. The molecule has 0 radical (unpaired) electrons. The first-order valence-electron chi connectivity index (χ1n) is 8.62.